The van der Waals surface area contributed by atoms with Gasteiger partial charge in [-0.05, 0) is 76.9 Å². The Kier molecular flexibility index (Phi) is 12.0. The van der Waals surface area contributed by atoms with E-state index in [1.807, 2.05) is 45.1 Å². The summed E-state index contributed by atoms with van der Waals surface area (Å²) in [4.78, 5) is 56.0. The Hall–Kier alpha value is -4.02. The number of hydrogen-bond acceptors (Lipinski definition) is 5. The number of hydrogen-bond donors (Lipinski definition) is 0. The predicted molar refractivity (Wildman–Crippen MR) is 204 cm³/mol. The van der Waals surface area contributed by atoms with Gasteiger partial charge in [-0.2, -0.15) is 11.4 Å². The molecule has 52 heavy (non-hydrogen) atoms. The number of ether oxygens (including phenoxy) is 2. The summed E-state index contributed by atoms with van der Waals surface area (Å²) < 4.78 is 10.8. The molecule has 6 rings (SSSR count). The monoisotopic (exact) mass is 712 g/mol. The second-order valence-electron chi connectivity index (χ2n) is 14.1. The molecule has 3 aliphatic rings. The molecule has 270 valence electrons. The van der Waals surface area contributed by atoms with Gasteiger partial charge in [-0.15, -0.1) is 27.8 Å². The molecule has 1 aliphatic carbocycles. The summed E-state index contributed by atoms with van der Waals surface area (Å²) in [5, 5.41) is 6.40. The van der Waals surface area contributed by atoms with E-state index in [-0.39, 0.29) is 59.7 Å². The van der Waals surface area contributed by atoms with Crippen LogP contribution in [0, 0.1) is 38.5 Å². The zero-order chi connectivity index (χ0) is 36.7. The summed E-state index contributed by atoms with van der Waals surface area (Å²) in [5.74, 6) is -2.79. The topological polar surface area (TPSA) is 126 Å². The summed E-state index contributed by atoms with van der Waals surface area (Å²) in [6.07, 6.45) is 11.7. The zero-order valence-corrected chi connectivity index (χ0v) is 33.2. The Morgan fingerprint density at radius 1 is 1.00 bits per heavy atom. The van der Waals surface area contributed by atoms with Gasteiger partial charge in [0.2, 0.25) is 0 Å². The number of Topliss-reactive ketones (excluding diaryl/α,β-unsaturated/α-hetero) is 1. The van der Waals surface area contributed by atoms with Crippen LogP contribution in [-0.2, 0) is 31.9 Å². The van der Waals surface area contributed by atoms with Gasteiger partial charge in [0.05, 0.1) is 7.11 Å². The third-order valence-electron chi connectivity index (χ3n) is 11.1. The molecule has 0 amide bonds. The van der Waals surface area contributed by atoms with Crippen molar-refractivity contribution >= 4 is 64.6 Å². The molecule has 1 unspecified atom stereocenters. The van der Waals surface area contributed by atoms with E-state index < -0.39 is 17.9 Å². The number of rotatable bonds is 10. The maximum Gasteiger partial charge on any atom is 2.00 e. The number of fused-ring (bicyclic) bond motifs is 8. The Labute approximate surface area is 322 Å². The SMILES string of the molecule is C=Cc1c2[n-]c(c1C)/C=C1\[N-]C(C3=c4[n-]/c(c(C)c4C(=O)[C@@H]3C(=O)OC)=C\c3[n-]c(c(C)c3CC)C2)[C@@H](CCC(=O)OC/C=C(/C)CCC)[C@@H]1C.[Mg+2]. The maximum atomic E-state index is 14.2. The number of aromatic nitrogens is 3. The van der Waals surface area contributed by atoms with Crippen LogP contribution in [0.15, 0.2) is 23.9 Å². The fourth-order valence-corrected chi connectivity index (χ4v) is 8.19. The Bertz CT molecular complexity index is 2110. The number of allylic oxidation sites excluding steroid dienone is 2. The first kappa shape index (κ1) is 39.2. The van der Waals surface area contributed by atoms with Crippen molar-refractivity contribution in [3.05, 3.63) is 96.1 Å². The maximum absolute atomic E-state index is 14.2. The van der Waals surface area contributed by atoms with Gasteiger partial charge in [0.15, 0.2) is 5.78 Å². The average Bonchev–Trinajstić information content (AvgIpc) is 3.84. The van der Waals surface area contributed by atoms with Gasteiger partial charge in [0.25, 0.3) is 0 Å². The van der Waals surface area contributed by atoms with Gasteiger partial charge in [-0.1, -0.05) is 91.4 Å². The van der Waals surface area contributed by atoms with E-state index in [9.17, 15) is 14.4 Å². The molecule has 0 spiro atoms. The van der Waals surface area contributed by atoms with Crippen LogP contribution >= 0.6 is 0 Å². The summed E-state index contributed by atoms with van der Waals surface area (Å²) in [7, 11) is 1.30. The number of carbonyl (C=O) groups is 3. The van der Waals surface area contributed by atoms with E-state index in [1.165, 1.54) is 12.7 Å². The summed E-state index contributed by atoms with van der Waals surface area (Å²) >= 11 is 0. The molecule has 10 heteroatoms. The molecule has 8 bridgehead atoms. The van der Waals surface area contributed by atoms with Crippen LogP contribution in [0.4, 0.5) is 0 Å². The minimum Gasteiger partial charge on any atom is -0.681 e. The van der Waals surface area contributed by atoms with Gasteiger partial charge in [0, 0.05) is 12.0 Å². The second kappa shape index (κ2) is 15.9. The van der Waals surface area contributed by atoms with Crippen molar-refractivity contribution in [2.45, 2.75) is 93.0 Å². The van der Waals surface area contributed by atoms with Gasteiger partial charge >= 0.3 is 35.0 Å². The first-order chi connectivity index (χ1) is 24.4. The van der Waals surface area contributed by atoms with Gasteiger partial charge in [0.1, 0.15) is 12.5 Å². The molecular formula is C42H48MgN4O5-2. The molecule has 0 radical (unpaired) electrons. The summed E-state index contributed by atoms with van der Waals surface area (Å²) in [6.45, 7) is 18.7. The van der Waals surface area contributed by atoms with E-state index in [4.69, 9.17) is 29.7 Å². The number of nitrogens with zero attached hydrogens (tertiary/aromatic N) is 4. The smallest absolute Gasteiger partial charge is 0.681 e. The van der Waals surface area contributed by atoms with E-state index in [0.717, 1.165) is 70.0 Å². The number of esters is 2. The number of carbonyl (C=O) groups excluding carboxylic acids is 3. The average molecular weight is 713 g/mol. The molecule has 3 aromatic rings. The quantitative estimate of drug-likeness (QED) is 0.120. The second-order valence-corrected chi connectivity index (χ2v) is 14.1. The van der Waals surface area contributed by atoms with Crippen molar-refractivity contribution in [1.29, 1.82) is 0 Å². The zero-order valence-electron chi connectivity index (χ0n) is 31.8. The van der Waals surface area contributed by atoms with Crippen molar-refractivity contribution in [3.8, 4) is 0 Å². The first-order valence-corrected chi connectivity index (χ1v) is 18.1. The van der Waals surface area contributed by atoms with Crippen molar-refractivity contribution in [2.75, 3.05) is 13.7 Å². The molecule has 4 atom stereocenters. The van der Waals surface area contributed by atoms with Crippen LogP contribution in [0.2, 0.25) is 0 Å². The minimum absolute atomic E-state index is 0. The third-order valence-corrected chi connectivity index (χ3v) is 11.1. The van der Waals surface area contributed by atoms with Crippen molar-refractivity contribution in [1.82, 2.24) is 15.0 Å². The fourth-order valence-electron chi connectivity index (χ4n) is 8.19. The molecule has 2 aliphatic heterocycles. The van der Waals surface area contributed by atoms with Crippen LogP contribution < -0.4 is 25.7 Å². The van der Waals surface area contributed by atoms with E-state index in [2.05, 4.69) is 34.3 Å². The molecule has 0 saturated carbocycles. The Morgan fingerprint density at radius 3 is 2.40 bits per heavy atom. The molecule has 3 aromatic heterocycles. The van der Waals surface area contributed by atoms with Crippen LogP contribution in [0.25, 0.3) is 29.1 Å². The number of ketones is 1. The largest absolute Gasteiger partial charge is 2.00 e. The van der Waals surface area contributed by atoms with Crippen molar-refractivity contribution < 1.29 is 23.9 Å². The summed E-state index contributed by atoms with van der Waals surface area (Å²) in [5.41, 5.74) is 11.3. The van der Waals surface area contributed by atoms with Crippen LogP contribution in [0.5, 0.6) is 0 Å². The minimum atomic E-state index is -1.17. The van der Waals surface area contributed by atoms with Crippen LogP contribution in [0.3, 0.4) is 0 Å². The first-order valence-electron chi connectivity index (χ1n) is 18.1. The van der Waals surface area contributed by atoms with Gasteiger partial charge in [-0.25, -0.2) is 0 Å². The Morgan fingerprint density at radius 2 is 1.73 bits per heavy atom. The fraction of sp³-hybridized carbons (Fsp3) is 0.452. The van der Waals surface area contributed by atoms with Gasteiger partial charge in [-0.3, -0.25) is 14.4 Å². The molecule has 0 N–H and O–H groups in total. The van der Waals surface area contributed by atoms with E-state index in [0.29, 0.717) is 40.2 Å². The summed E-state index contributed by atoms with van der Waals surface area (Å²) in [6, 6.07) is -0.596. The van der Waals surface area contributed by atoms with E-state index >= 15 is 0 Å². The predicted octanol–water partition coefficient (Wildman–Crippen LogP) is 5.30. The molecule has 5 heterocycles. The Balaban J connectivity index is 0.00000523. The number of methoxy groups -OCH3 is 1. The normalized spacial score (nSPS) is 22.2. The van der Waals surface area contributed by atoms with Crippen LogP contribution in [0.1, 0.15) is 114 Å². The molecule has 1 fully saturated rings. The van der Waals surface area contributed by atoms with Crippen molar-refractivity contribution in [3.63, 3.8) is 0 Å². The van der Waals surface area contributed by atoms with E-state index in [1.54, 1.807) is 0 Å². The molecule has 1 saturated heterocycles. The molecule has 0 aromatic carbocycles. The standard InChI is InChI=1S/C42H49N4O5.Mg/c1-10-13-21(4)16-17-51-35(47)15-14-28-24(7)31-18-29-22(5)26(11-2)33(43-29)19-30-23(6)27(12-3)34(44-30)20-32-25(8)36-40(46-32)37(39(28)45-31)38(41(36)48)42(49)50-9;/h11,16,18,20,24,28,38-39H,2,10,12-15,17,19H2,1,3-9H3,(H,44,48);/q-3;+2/p-1/b21-16-,31-18-;/t24-,28-,38+,39?;/m0./s1. The van der Waals surface area contributed by atoms with Gasteiger partial charge < -0.3 is 29.7 Å². The van der Waals surface area contributed by atoms with Crippen molar-refractivity contribution in [2.24, 2.45) is 17.8 Å². The van der Waals surface area contributed by atoms with Crippen LogP contribution in [-0.4, -0.2) is 60.5 Å². The molecular weight excluding hydrogens is 665 g/mol. The third kappa shape index (κ3) is 6.91. The molecule has 9 nitrogen and oxygen atoms in total.